The highest BCUT2D eigenvalue weighted by molar-refractivity contribution is 9.10. The first-order valence-electron chi connectivity index (χ1n) is 5.28. The van der Waals surface area contributed by atoms with Gasteiger partial charge in [0.25, 0.3) is 0 Å². The standard InChI is InChI=1S/C14H9BrCl2O/c15-11-6-10(7-13(17)8-11)14(18)5-9-2-1-3-12(16)4-9/h1-4,6-8H,5H2. The highest BCUT2D eigenvalue weighted by Gasteiger charge is 2.09. The van der Waals surface area contributed by atoms with Gasteiger partial charge in [-0.15, -0.1) is 0 Å². The minimum absolute atomic E-state index is 0.0143. The minimum atomic E-state index is 0.0143. The third-order valence-corrected chi connectivity index (χ3v) is 3.35. The maximum Gasteiger partial charge on any atom is 0.167 e. The summed E-state index contributed by atoms with van der Waals surface area (Å²) >= 11 is 15.1. The number of Topliss-reactive ketones (excluding diaryl/α,β-unsaturated/α-hetero) is 1. The molecule has 0 aliphatic rings. The summed E-state index contributed by atoms with van der Waals surface area (Å²) in [5.41, 5.74) is 1.48. The van der Waals surface area contributed by atoms with Crippen molar-refractivity contribution >= 4 is 44.9 Å². The molecular formula is C14H9BrCl2O. The molecule has 0 aromatic heterocycles. The van der Waals surface area contributed by atoms with E-state index < -0.39 is 0 Å². The summed E-state index contributed by atoms with van der Waals surface area (Å²) in [6, 6.07) is 12.5. The molecule has 0 atom stereocenters. The van der Waals surface area contributed by atoms with E-state index in [1.807, 2.05) is 12.1 Å². The molecule has 4 heteroatoms. The zero-order valence-corrected chi connectivity index (χ0v) is 12.4. The Labute approximate surface area is 124 Å². The van der Waals surface area contributed by atoms with Crippen LogP contribution in [0.3, 0.4) is 0 Å². The molecule has 0 bridgehead atoms. The van der Waals surface area contributed by atoms with Crippen molar-refractivity contribution in [3.63, 3.8) is 0 Å². The van der Waals surface area contributed by atoms with Crippen LogP contribution in [-0.4, -0.2) is 5.78 Å². The van der Waals surface area contributed by atoms with Gasteiger partial charge in [-0.3, -0.25) is 4.79 Å². The lowest BCUT2D eigenvalue weighted by Gasteiger charge is -2.04. The van der Waals surface area contributed by atoms with Crippen molar-refractivity contribution in [2.75, 3.05) is 0 Å². The molecule has 0 aliphatic heterocycles. The summed E-state index contributed by atoms with van der Waals surface area (Å²) < 4.78 is 0.796. The SMILES string of the molecule is O=C(Cc1cccc(Cl)c1)c1cc(Cl)cc(Br)c1. The van der Waals surface area contributed by atoms with Crippen LogP contribution in [0.2, 0.25) is 10.0 Å². The molecule has 0 unspecified atom stereocenters. The second kappa shape index (κ2) is 5.87. The molecule has 0 fully saturated rings. The van der Waals surface area contributed by atoms with Crippen molar-refractivity contribution in [3.05, 3.63) is 68.1 Å². The largest absolute Gasteiger partial charge is 0.294 e. The van der Waals surface area contributed by atoms with E-state index in [0.29, 0.717) is 22.0 Å². The van der Waals surface area contributed by atoms with Crippen molar-refractivity contribution in [1.82, 2.24) is 0 Å². The third-order valence-electron chi connectivity index (χ3n) is 2.44. The van der Waals surface area contributed by atoms with Crippen molar-refractivity contribution in [1.29, 1.82) is 0 Å². The van der Waals surface area contributed by atoms with Crippen LogP contribution in [0.25, 0.3) is 0 Å². The average molecular weight is 344 g/mol. The highest BCUT2D eigenvalue weighted by atomic mass is 79.9. The van der Waals surface area contributed by atoms with Gasteiger partial charge in [0.15, 0.2) is 5.78 Å². The van der Waals surface area contributed by atoms with Gasteiger partial charge in [-0.2, -0.15) is 0 Å². The summed E-state index contributed by atoms with van der Waals surface area (Å²) in [6.07, 6.45) is 0.313. The molecule has 2 aromatic rings. The fraction of sp³-hybridized carbons (Fsp3) is 0.0714. The zero-order chi connectivity index (χ0) is 13.1. The molecule has 0 aliphatic carbocycles. The Morgan fingerprint density at radius 3 is 2.50 bits per heavy atom. The van der Waals surface area contributed by atoms with Gasteiger partial charge in [0, 0.05) is 26.5 Å². The Balaban J connectivity index is 2.22. The summed E-state index contributed by atoms with van der Waals surface area (Å²) in [6.45, 7) is 0. The van der Waals surface area contributed by atoms with Crippen LogP contribution in [0.4, 0.5) is 0 Å². The van der Waals surface area contributed by atoms with Crippen LogP contribution in [0, 0.1) is 0 Å². The Morgan fingerprint density at radius 1 is 1.06 bits per heavy atom. The Bertz CT molecular complexity index is 576. The first-order chi connectivity index (χ1) is 8.54. The number of hydrogen-bond donors (Lipinski definition) is 0. The summed E-state index contributed by atoms with van der Waals surface area (Å²) in [7, 11) is 0. The third kappa shape index (κ3) is 3.58. The van der Waals surface area contributed by atoms with E-state index in [1.165, 1.54) is 0 Å². The molecule has 0 saturated carbocycles. The predicted molar refractivity (Wildman–Crippen MR) is 78.6 cm³/mol. The number of carbonyl (C=O) groups is 1. The lowest BCUT2D eigenvalue weighted by atomic mass is 10.0. The maximum absolute atomic E-state index is 12.1. The fourth-order valence-corrected chi connectivity index (χ4v) is 2.72. The van der Waals surface area contributed by atoms with Gasteiger partial charge in [-0.25, -0.2) is 0 Å². The number of halogens is 3. The van der Waals surface area contributed by atoms with Crippen LogP contribution < -0.4 is 0 Å². The van der Waals surface area contributed by atoms with Gasteiger partial charge in [-0.1, -0.05) is 51.3 Å². The predicted octanol–water partition coefficient (Wildman–Crippen LogP) is 5.18. The van der Waals surface area contributed by atoms with Crippen LogP contribution in [0.15, 0.2) is 46.9 Å². The molecule has 0 radical (unpaired) electrons. The Morgan fingerprint density at radius 2 is 1.83 bits per heavy atom. The molecule has 18 heavy (non-hydrogen) atoms. The van der Waals surface area contributed by atoms with E-state index in [1.54, 1.807) is 30.3 Å². The quantitative estimate of drug-likeness (QED) is 0.701. The van der Waals surface area contributed by atoms with Crippen LogP contribution in [-0.2, 0) is 6.42 Å². The van der Waals surface area contributed by atoms with Crippen molar-refractivity contribution in [2.45, 2.75) is 6.42 Å². The van der Waals surface area contributed by atoms with Gasteiger partial charge >= 0.3 is 0 Å². The van der Waals surface area contributed by atoms with Crippen LogP contribution in [0.1, 0.15) is 15.9 Å². The maximum atomic E-state index is 12.1. The average Bonchev–Trinajstić information content (AvgIpc) is 2.27. The number of carbonyl (C=O) groups excluding carboxylic acids is 1. The van der Waals surface area contributed by atoms with Crippen molar-refractivity contribution < 1.29 is 4.79 Å². The van der Waals surface area contributed by atoms with Gasteiger partial charge in [0.1, 0.15) is 0 Å². The molecule has 0 saturated heterocycles. The first kappa shape index (κ1) is 13.6. The molecule has 0 amide bonds. The van der Waals surface area contributed by atoms with Gasteiger partial charge in [-0.05, 0) is 35.9 Å². The highest BCUT2D eigenvalue weighted by Crippen LogP contribution is 2.21. The first-order valence-corrected chi connectivity index (χ1v) is 6.83. The van der Waals surface area contributed by atoms with Crippen molar-refractivity contribution in [3.8, 4) is 0 Å². The van der Waals surface area contributed by atoms with Gasteiger partial charge in [0.05, 0.1) is 0 Å². The lowest BCUT2D eigenvalue weighted by Crippen LogP contribution is -2.03. The van der Waals surface area contributed by atoms with E-state index >= 15 is 0 Å². The van der Waals surface area contributed by atoms with E-state index in [2.05, 4.69) is 15.9 Å². The van der Waals surface area contributed by atoms with Gasteiger partial charge < -0.3 is 0 Å². The summed E-state index contributed by atoms with van der Waals surface area (Å²) in [4.78, 5) is 12.1. The minimum Gasteiger partial charge on any atom is -0.294 e. The Hall–Kier alpha value is -0.830. The van der Waals surface area contributed by atoms with Crippen LogP contribution in [0.5, 0.6) is 0 Å². The normalized spacial score (nSPS) is 10.4. The zero-order valence-electron chi connectivity index (χ0n) is 9.29. The Kier molecular flexibility index (Phi) is 4.44. The van der Waals surface area contributed by atoms with E-state index in [4.69, 9.17) is 23.2 Å². The smallest absolute Gasteiger partial charge is 0.167 e. The number of hydrogen-bond acceptors (Lipinski definition) is 1. The second-order valence-electron chi connectivity index (χ2n) is 3.89. The molecule has 2 rings (SSSR count). The van der Waals surface area contributed by atoms with Crippen LogP contribution >= 0.6 is 39.1 Å². The topological polar surface area (TPSA) is 17.1 Å². The van der Waals surface area contributed by atoms with Gasteiger partial charge in [0.2, 0.25) is 0 Å². The number of ketones is 1. The van der Waals surface area contributed by atoms with Crippen molar-refractivity contribution in [2.24, 2.45) is 0 Å². The van der Waals surface area contributed by atoms with E-state index in [-0.39, 0.29) is 5.78 Å². The summed E-state index contributed by atoms with van der Waals surface area (Å²) in [5, 5.41) is 1.17. The number of rotatable bonds is 3. The molecule has 2 aromatic carbocycles. The monoisotopic (exact) mass is 342 g/mol. The lowest BCUT2D eigenvalue weighted by molar-refractivity contribution is 0.0993. The molecule has 92 valence electrons. The molecule has 0 heterocycles. The molecule has 1 nitrogen and oxygen atoms in total. The molecule has 0 N–H and O–H groups in total. The fourth-order valence-electron chi connectivity index (χ4n) is 1.65. The molecular weight excluding hydrogens is 335 g/mol. The molecule has 0 spiro atoms. The van der Waals surface area contributed by atoms with E-state index in [9.17, 15) is 4.79 Å². The summed E-state index contributed by atoms with van der Waals surface area (Å²) in [5.74, 6) is 0.0143. The number of benzene rings is 2. The van der Waals surface area contributed by atoms with E-state index in [0.717, 1.165) is 10.0 Å². The second-order valence-corrected chi connectivity index (χ2v) is 5.68.